The maximum atomic E-state index is 11.4. The fourth-order valence-electron chi connectivity index (χ4n) is 3.84. The first-order valence-corrected chi connectivity index (χ1v) is 10.5. The molecule has 1 fully saturated rings. The highest BCUT2D eigenvalue weighted by Gasteiger charge is 2.22. The van der Waals surface area contributed by atoms with Crippen LogP contribution in [0.3, 0.4) is 0 Å². The molecule has 0 aliphatic carbocycles. The van der Waals surface area contributed by atoms with E-state index >= 15 is 0 Å². The first-order valence-electron chi connectivity index (χ1n) is 10.5. The summed E-state index contributed by atoms with van der Waals surface area (Å²) in [5, 5.41) is 17.5. The van der Waals surface area contributed by atoms with Gasteiger partial charge in [-0.1, -0.05) is 6.92 Å². The molecular formula is C21H29N7O3. The number of amides is 1. The van der Waals surface area contributed by atoms with E-state index in [9.17, 15) is 14.9 Å². The summed E-state index contributed by atoms with van der Waals surface area (Å²) in [5.74, 6) is 0.827. The first kappa shape index (κ1) is 22.3. The van der Waals surface area contributed by atoms with Crippen molar-refractivity contribution in [3.8, 4) is 0 Å². The molecule has 0 bridgehead atoms. The summed E-state index contributed by atoms with van der Waals surface area (Å²) in [6, 6.07) is 6.88. The third-order valence-electron chi connectivity index (χ3n) is 5.41. The van der Waals surface area contributed by atoms with Crippen molar-refractivity contribution in [1.29, 1.82) is 0 Å². The van der Waals surface area contributed by atoms with Gasteiger partial charge in [-0.25, -0.2) is 9.97 Å². The number of benzene rings is 1. The van der Waals surface area contributed by atoms with Crippen molar-refractivity contribution in [2.45, 2.75) is 51.6 Å². The van der Waals surface area contributed by atoms with E-state index in [1.165, 1.54) is 19.1 Å². The molecule has 1 saturated heterocycles. The van der Waals surface area contributed by atoms with Crippen LogP contribution in [0.1, 0.15) is 38.8 Å². The third-order valence-corrected chi connectivity index (χ3v) is 5.41. The van der Waals surface area contributed by atoms with Gasteiger partial charge in [0, 0.05) is 62.0 Å². The summed E-state index contributed by atoms with van der Waals surface area (Å²) in [7, 11) is 0. The van der Waals surface area contributed by atoms with Crippen molar-refractivity contribution >= 4 is 28.8 Å². The maximum Gasteiger partial charge on any atom is 0.294 e. The first-order chi connectivity index (χ1) is 14.9. The van der Waals surface area contributed by atoms with Gasteiger partial charge >= 0.3 is 0 Å². The number of hydrogen-bond acceptors (Lipinski definition) is 8. The van der Waals surface area contributed by atoms with E-state index in [0.717, 1.165) is 43.9 Å². The number of nitro benzene ring substituents is 1. The Morgan fingerprint density at radius 3 is 2.90 bits per heavy atom. The Hall–Kier alpha value is -3.43. The van der Waals surface area contributed by atoms with Gasteiger partial charge in [-0.05, 0) is 31.4 Å². The SMILES string of the molecule is CCC(Cc1cc(N2CCCC(NC(C)=O)C2)ncn1)Nc1ccc(N)c([N+](=O)[O-])c1. The minimum atomic E-state index is -0.481. The number of carbonyl (C=O) groups excluding carboxylic acids is 1. The number of nitro groups is 1. The summed E-state index contributed by atoms with van der Waals surface area (Å²) in [4.78, 5) is 33.1. The molecule has 1 aromatic carbocycles. The lowest BCUT2D eigenvalue weighted by Gasteiger charge is -2.33. The van der Waals surface area contributed by atoms with Crippen LogP contribution in [0, 0.1) is 10.1 Å². The van der Waals surface area contributed by atoms with Crippen molar-refractivity contribution in [3.05, 3.63) is 46.4 Å². The van der Waals surface area contributed by atoms with E-state index in [1.54, 1.807) is 12.4 Å². The number of carbonyl (C=O) groups is 1. The minimum Gasteiger partial charge on any atom is -0.393 e. The van der Waals surface area contributed by atoms with E-state index in [1.807, 2.05) is 13.0 Å². The molecule has 3 rings (SSSR count). The van der Waals surface area contributed by atoms with E-state index in [0.29, 0.717) is 12.1 Å². The number of hydrogen-bond donors (Lipinski definition) is 3. The Bertz CT molecular complexity index is 937. The zero-order chi connectivity index (χ0) is 22.4. The average molecular weight is 428 g/mol. The van der Waals surface area contributed by atoms with E-state index in [4.69, 9.17) is 5.73 Å². The average Bonchev–Trinajstić information content (AvgIpc) is 2.74. The number of nitrogens with zero attached hydrogens (tertiary/aromatic N) is 4. The predicted octanol–water partition coefficient (Wildman–Crippen LogP) is 2.51. The topological polar surface area (TPSA) is 139 Å². The Labute approximate surface area is 181 Å². The molecule has 4 N–H and O–H groups in total. The molecule has 2 unspecified atom stereocenters. The van der Waals surface area contributed by atoms with Crippen molar-refractivity contribution in [1.82, 2.24) is 15.3 Å². The van der Waals surface area contributed by atoms with Crippen LogP contribution < -0.4 is 21.3 Å². The normalized spacial score (nSPS) is 17.1. The molecule has 10 heteroatoms. The van der Waals surface area contributed by atoms with Gasteiger partial charge in [-0.15, -0.1) is 0 Å². The molecule has 2 atom stereocenters. The second-order valence-corrected chi connectivity index (χ2v) is 7.84. The van der Waals surface area contributed by atoms with Gasteiger partial charge in [-0.2, -0.15) is 0 Å². The number of nitrogens with two attached hydrogens (primary N) is 1. The maximum absolute atomic E-state index is 11.4. The highest BCUT2D eigenvalue weighted by Crippen LogP contribution is 2.26. The minimum absolute atomic E-state index is 0.0185. The summed E-state index contributed by atoms with van der Waals surface area (Å²) in [6.07, 6.45) is 4.97. The summed E-state index contributed by atoms with van der Waals surface area (Å²) in [6.45, 7) is 5.20. The molecule has 2 heterocycles. The summed E-state index contributed by atoms with van der Waals surface area (Å²) in [5.41, 5.74) is 7.25. The van der Waals surface area contributed by atoms with Crippen molar-refractivity contribution in [2.24, 2.45) is 0 Å². The van der Waals surface area contributed by atoms with Gasteiger partial charge in [0.25, 0.3) is 5.69 Å². The van der Waals surface area contributed by atoms with Crippen molar-refractivity contribution in [3.63, 3.8) is 0 Å². The molecule has 1 aromatic heterocycles. The Balaban J connectivity index is 1.68. The Morgan fingerprint density at radius 2 is 2.19 bits per heavy atom. The van der Waals surface area contributed by atoms with Crippen LogP contribution in [0.2, 0.25) is 0 Å². The lowest BCUT2D eigenvalue weighted by molar-refractivity contribution is -0.383. The number of aromatic nitrogens is 2. The molecule has 1 aliphatic heterocycles. The Kier molecular flexibility index (Phi) is 7.22. The van der Waals surface area contributed by atoms with Crippen LogP contribution >= 0.6 is 0 Å². The van der Waals surface area contributed by atoms with Gasteiger partial charge in [0.1, 0.15) is 17.8 Å². The second kappa shape index (κ2) is 10.1. The quantitative estimate of drug-likeness (QED) is 0.332. The molecule has 1 aliphatic rings. The summed E-state index contributed by atoms with van der Waals surface area (Å²) < 4.78 is 0. The van der Waals surface area contributed by atoms with Crippen molar-refractivity contribution < 1.29 is 9.72 Å². The highest BCUT2D eigenvalue weighted by atomic mass is 16.6. The standard InChI is InChI=1S/C21H29N7O3/c1-3-15(26-16-6-7-19(22)20(10-16)28(30)31)9-18-11-21(24-13-23-18)27-8-4-5-17(12-27)25-14(2)29/h6-7,10-11,13,15,17,26H,3-5,8-9,12,22H2,1-2H3,(H,25,29). The van der Waals surface area contributed by atoms with Gasteiger partial charge < -0.3 is 21.3 Å². The largest absolute Gasteiger partial charge is 0.393 e. The molecule has 2 aromatic rings. The molecule has 0 spiro atoms. The fraction of sp³-hybridized carbons (Fsp3) is 0.476. The molecule has 1 amide bonds. The number of anilines is 3. The number of nitrogens with one attached hydrogen (secondary N) is 2. The molecule has 0 saturated carbocycles. The number of nitrogen functional groups attached to an aromatic ring is 1. The fourth-order valence-corrected chi connectivity index (χ4v) is 3.84. The molecule has 0 radical (unpaired) electrons. The lowest BCUT2D eigenvalue weighted by Crippen LogP contribution is -2.47. The zero-order valence-corrected chi connectivity index (χ0v) is 17.9. The van der Waals surface area contributed by atoms with Crippen LogP contribution in [-0.2, 0) is 11.2 Å². The van der Waals surface area contributed by atoms with Crippen molar-refractivity contribution in [2.75, 3.05) is 29.0 Å². The Morgan fingerprint density at radius 1 is 1.39 bits per heavy atom. The smallest absolute Gasteiger partial charge is 0.294 e. The number of rotatable bonds is 8. The van der Waals surface area contributed by atoms with E-state index in [2.05, 4.69) is 25.5 Å². The molecule has 31 heavy (non-hydrogen) atoms. The van der Waals surface area contributed by atoms with Gasteiger partial charge in [0.15, 0.2) is 0 Å². The number of piperidine rings is 1. The van der Waals surface area contributed by atoms with Crippen LogP contribution in [-0.4, -0.2) is 46.0 Å². The molecule has 10 nitrogen and oxygen atoms in total. The van der Waals surface area contributed by atoms with E-state index in [-0.39, 0.29) is 29.4 Å². The predicted molar refractivity (Wildman–Crippen MR) is 120 cm³/mol. The highest BCUT2D eigenvalue weighted by molar-refractivity contribution is 5.73. The van der Waals surface area contributed by atoms with Crippen LogP contribution in [0.25, 0.3) is 0 Å². The van der Waals surface area contributed by atoms with Crippen LogP contribution in [0.5, 0.6) is 0 Å². The third kappa shape index (κ3) is 6.03. The van der Waals surface area contributed by atoms with Crippen LogP contribution in [0.4, 0.5) is 22.9 Å². The van der Waals surface area contributed by atoms with Gasteiger partial charge in [0.05, 0.1) is 4.92 Å². The monoisotopic (exact) mass is 427 g/mol. The van der Waals surface area contributed by atoms with Crippen LogP contribution in [0.15, 0.2) is 30.6 Å². The lowest BCUT2D eigenvalue weighted by atomic mass is 10.0. The second-order valence-electron chi connectivity index (χ2n) is 7.84. The molecular weight excluding hydrogens is 398 g/mol. The van der Waals surface area contributed by atoms with Gasteiger partial charge in [-0.3, -0.25) is 14.9 Å². The summed E-state index contributed by atoms with van der Waals surface area (Å²) >= 11 is 0. The molecule has 166 valence electrons. The zero-order valence-electron chi connectivity index (χ0n) is 17.9. The van der Waals surface area contributed by atoms with Gasteiger partial charge in [0.2, 0.25) is 5.91 Å². The van der Waals surface area contributed by atoms with E-state index < -0.39 is 4.92 Å².